The molecule has 0 aliphatic heterocycles. The molecule has 12 heteroatoms. The number of hydrogen-bond acceptors (Lipinski definition) is 5. The van der Waals surface area contributed by atoms with E-state index >= 15 is 0 Å². The number of fused-ring (bicyclic) bond motifs is 1. The SMILES string of the molecule is CC(C)(CCC#Cc1cc2c(Br)cccn2c1SC(F)(F)F)OC(=O)Nc1ccc(C(=O)O)cc1C#N. The van der Waals surface area contributed by atoms with Gasteiger partial charge < -0.3 is 14.2 Å². The first kappa shape index (κ1) is 28.0. The van der Waals surface area contributed by atoms with Crippen LogP contribution in [0.3, 0.4) is 0 Å². The Hall–Kier alpha value is -3.61. The Morgan fingerprint density at radius 2 is 1.95 bits per heavy atom. The van der Waals surface area contributed by atoms with Gasteiger partial charge in [-0.1, -0.05) is 11.8 Å². The number of nitrogens with one attached hydrogen (secondary N) is 1. The molecule has 37 heavy (non-hydrogen) atoms. The van der Waals surface area contributed by atoms with Crippen molar-refractivity contribution < 1.29 is 32.6 Å². The number of ether oxygens (including phenoxy) is 1. The van der Waals surface area contributed by atoms with Gasteiger partial charge in [0.25, 0.3) is 0 Å². The van der Waals surface area contributed by atoms with E-state index in [0.717, 1.165) is 6.07 Å². The lowest BCUT2D eigenvalue weighted by Crippen LogP contribution is -2.30. The molecular weight excluding hydrogens is 575 g/mol. The average Bonchev–Trinajstić information content (AvgIpc) is 3.13. The first-order chi connectivity index (χ1) is 17.3. The molecule has 0 radical (unpaired) electrons. The number of amides is 1. The summed E-state index contributed by atoms with van der Waals surface area (Å²) in [5, 5.41) is 20.6. The van der Waals surface area contributed by atoms with Gasteiger partial charge in [0.2, 0.25) is 0 Å². The number of rotatable bonds is 6. The number of carbonyl (C=O) groups is 2. The molecule has 192 valence electrons. The van der Waals surface area contributed by atoms with Gasteiger partial charge in [0.05, 0.1) is 27.9 Å². The molecule has 0 saturated carbocycles. The number of alkyl halides is 3. The lowest BCUT2D eigenvalue weighted by atomic mass is 10.0. The molecule has 7 nitrogen and oxygen atoms in total. The van der Waals surface area contributed by atoms with Crippen molar-refractivity contribution in [3.05, 3.63) is 63.8 Å². The van der Waals surface area contributed by atoms with Crippen LogP contribution in [0.4, 0.5) is 23.7 Å². The van der Waals surface area contributed by atoms with E-state index < -0.39 is 23.2 Å². The van der Waals surface area contributed by atoms with Crippen LogP contribution in [0.2, 0.25) is 0 Å². The zero-order valence-corrected chi connectivity index (χ0v) is 21.8. The number of carbonyl (C=O) groups excluding carboxylic acids is 1. The van der Waals surface area contributed by atoms with Gasteiger partial charge in [-0.3, -0.25) is 5.32 Å². The lowest BCUT2D eigenvalue weighted by Gasteiger charge is -2.24. The Balaban J connectivity index is 1.68. The van der Waals surface area contributed by atoms with Crippen LogP contribution >= 0.6 is 27.7 Å². The third kappa shape index (κ3) is 7.44. The topological polar surface area (TPSA) is 104 Å². The molecule has 1 amide bonds. The van der Waals surface area contributed by atoms with Gasteiger partial charge in [0.1, 0.15) is 16.7 Å². The summed E-state index contributed by atoms with van der Waals surface area (Å²) in [5.41, 5.74) is -4.77. The smallest absolute Gasteiger partial charge is 0.447 e. The second kappa shape index (κ2) is 11.2. The van der Waals surface area contributed by atoms with Crippen molar-refractivity contribution in [3.63, 3.8) is 0 Å². The predicted molar refractivity (Wildman–Crippen MR) is 135 cm³/mol. The van der Waals surface area contributed by atoms with Gasteiger partial charge >= 0.3 is 17.6 Å². The van der Waals surface area contributed by atoms with Crippen LogP contribution in [-0.2, 0) is 4.74 Å². The van der Waals surface area contributed by atoms with Crippen LogP contribution in [0.5, 0.6) is 0 Å². The average molecular weight is 594 g/mol. The van der Waals surface area contributed by atoms with Crippen LogP contribution in [0.15, 0.2) is 52.1 Å². The summed E-state index contributed by atoms with van der Waals surface area (Å²) >= 11 is 3.10. The summed E-state index contributed by atoms with van der Waals surface area (Å²) in [5.74, 6) is 4.44. The number of aromatic carboxylic acids is 1. The van der Waals surface area contributed by atoms with Crippen LogP contribution in [0.25, 0.3) is 5.52 Å². The third-order valence-electron chi connectivity index (χ3n) is 4.99. The fraction of sp³-hybridized carbons (Fsp3) is 0.240. The summed E-state index contributed by atoms with van der Waals surface area (Å²) in [4.78, 5) is 23.4. The normalized spacial score (nSPS) is 11.4. The van der Waals surface area contributed by atoms with Crippen molar-refractivity contribution in [2.24, 2.45) is 0 Å². The summed E-state index contributed by atoms with van der Waals surface area (Å²) in [7, 11) is 0. The van der Waals surface area contributed by atoms with Crippen LogP contribution in [0.1, 0.15) is 48.2 Å². The maximum atomic E-state index is 13.1. The van der Waals surface area contributed by atoms with E-state index in [4.69, 9.17) is 9.84 Å². The second-order valence-electron chi connectivity index (χ2n) is 8.28. The minimum atomic E-state index is -4.49. The highest BCUT2D eigenvalue weighted by Gasteiger charge is 2.32. The Bertz CT molecular complexity index is 1470. The molecule has 3 rings (SSSR count). The fourth-order valence-corrected chi connectivity index (χ4v) is 4.43. The molecule has 0 unspecified atom stereocenters. The molecule has 0 bridgehead atoms. The molecule has 2 heterocycles. The van der Waals surface area contributed by atoms with Crippen LogP contribution in [-0.4, -0.2) is 32.7 Å². The molecular formula is C25H19BrF3N3O4S. The van der Waals surface area contributed by atoms with Crippen LogP contribution < -0.4 is 5.32 Å². The van der Waals surface area contributed by atoms with Crippen LogP contribution in [0, 0.1) is 23.2 Å². The minimum absolute atomic E-state index is 0.0420. The molecule has 3 aromatic rings. The molecule has 2 aromatic heterocycles. The molecule has 0 fully saturated rings. The zero-order chi connectivity index (χ0) is 27.4. The van der Waals surface area contributed by atoms with E-state index in [-0.39, 0.29) is 52.0 Å². The van der Waals surface area contributed by atoms with Gasteiger partial charge in [0, 0.05) is 28.9 Å². The number of benzene rings is 1. The minimum Gasteiger partial charge on any atom is -0.478 e. The van der Waals surface area contributed by atoms with Gasteiger partial charge in [-0.25, -0.2) is 9.59 Å². The standard InChI is InChI=1S/C25H19BrF3N3O4S/c1-24(2,36-23(35)31-19-9-8-16(22(33)34)12-17(19)14-30)10-4-3-6-15-13-20-18(26)7-5-11-32(20)21(15)37-25(27,28)29/h5,7-9,11-13H,4,10H2,1-2H3,(H,31,35)(H,33,34). The van der Waals surface area contributed by atoms with Crippen molar-refractivity contribution in [2.45, 2.75) is 42.8 Å². The van der Waals surface area contributed by atoms with Gasteiger partial charge in [0.15, 0.2) is 0 Å². The highest BCUT2D eigenvalue weighted by Crippen LogP contribution is 2.40. The van der Waals surface area contributed by atoms with Gasteiger partial charge in [-0.2, -0.15) is 18.4 Å². The quantitative estimate of drug-likeness (QED) is 0.234. The van der Waals surface area contributed by atoms with Crippen molar-refractivity contribution in [1.82, 2.24) is 4.40 Å². The Labute approximate surface area is 222 Å². The number of anilines is 1. The number of nitrogens with zero attached hydrogens (tertiary/aromatic N) is 2. The fourth-order valence-electron chi connectivity index (χ4n) is 3.28. The monoisotopic (exact) mass is 593 g/mol. The summed E-state index contributed by atoms with van der Waals surface area (Å²) < 4.78 is 46.9. The molecule has 0 aliphatic rings. The van der Waals surface area contributed by atoms with E-state index in [1.54, 1.807) is 32.0 Å². The molecule has 0 spiro atoms. The maximum absolute atomic E-state index is 13.1. The Kier molecular flexibility index (Phi) is 8.46. The molecule has 1 aromatic carbocycles. The third-order valence-corrected chi connectivity index (χ3v) is 6.50. The van der Waals surface area contributed by atoms with Gasteiger partial charge in [-0.15, -0.1) is 0 Å². The number of thioether (sulfide) groups is 1. The number of halogens is 4. The predicted octanol–water partition coefficient (Wildman–Crippen LogP) is 7.04. The number of aromatic nitrogens is 1. The molecule has 0 aliphatic carbocycles. The van der Waals surface area contributed by atoms with Crippen molar-refractivity contribution >= 4 is 51.0 Å². The lowest BCUT2D eigenvalue weighted by molar-refractivity contribution is -0.0330. The zero-order valence-electron chi connectivity index (χ0n) is 19.4. The van der Waals surface area contributed by atoms with Crippen molar-refractivity contribution in [1.29, 1.82) is 5.26 Å². The number of carboxylic acids is 1. The summed E-state index contributed by atoms with van der Waals surface area (Å²) in [6, 6.07) is 10.4. The number of carboxylic acid groups (broad SMARTS) is 1. The van der Waals surface area contributed by atoms with Crippen molar-refractivity contribution in [2.75, 3.05) is 5.32 Å². The highest BCUT2D eigenvalue weighted by atomic mass is 79.9. The largest absolute Gasteiger partial charge is 0.478 e. The highest BCUT2D eigenvalue weighted by molar-refractivity contribution is 9.10. The van der Waals surface area contributed by atoms with E-state index in [1.165, 1.54) is 22.7 Å². The Morgan fingerprint density at radius 1 is 1.22 bits per heavy atom. The maximum Gasteiger partial charge on any atom is 0.447 e. The second-order valence-corrected chi connectivity index (χ2v) is 10.2. The van der Waals surface area contributed by atoms with Crippen molar-refractivity contribution in [3.8, 4) is 17.9 Å². The van der Waals surface area contributed by atoms with Gasteiger partial charge in [-0.05, 0) is 72.6 Å². The first-order valence-corrected chi connectivity index (χ1v) is 12.2. The first-order valence-electron chi connectivity index (χ1n) is 10.6. The molecule has 2 N–H and O–H groups in total. The number of nitriles is 1. The number of pyridine rings is 1. The van der Waals surface area contributed by atoms with E-state index in [2.05, 4.69) is 33.1 Å². The summed E-state index contributed by atoms with van der Waals surface area (Å²) in [6.45, 7) is 3.28. The molecule has 0 atom stereocenters. The summed E-state index contributed by atoms with van der Waals surface area (Å²) in [6.07, 6.45) is 1.17. The van der Waals surface area contributed by atoms with E-state index in [9.17, 15) is 28.0 Å². The van der Waals surface area contributed by atoms with E-state index in [0.29, 0.717) is 9.99 Å². The number of hydrogen-bond donors (Lipinski definition) is 2. The van der Waals surface area contributed by atoms with E-state index in [1.807, 2.05) is 6.07 Å². The Morgan fingerprint density at radius 3 is 2.59 bits per heavy atom. The molecule has 0 saturated heterocycles.